The molecule has 0 bridgehead atoms. The van der Waals surface area contributed by atoms with Crippen LogP contribution in [-0.4, -0.2) is 10.8 Å². The minimum atomic E-state index is -0.319. The standard InChI is InChI=1S/C21H23NOS/c1-4-21(15-8-6-5-7-9-15)17-14(10-11-20(2,3)18(17)23)12-16-19(21)24-13-22-16/h5-9,13H,4,10-12H2,1-3H3. The molecule has 4 rings (SSSR count). The molecule has 1 atom stereocenters. The molecular weight excluding hydrogens is 314 g/mol. The highest BCUT2D eigenvalue weighted by Gasteiger charge is 2.51. The van der Waals surface area contributed by atoms with Crippen molar-refractivity contribution in [1.29, 1.82) is 0 Å². The highest BCUT2D eigenvalue weighted by atomic mass is 32.1. The van der Waals surface area contributed by atoms with Gasteiger partial charge in [0.1, 0.15) is 0 Å². The molecule has 24 heavy (non-hydrogen) atoms. The first-order chi connectivity index (χ1) is 11.5. The first-order valence-electron chi connectivity index (χ1n) is 8.76. The van der Waals surface area contributed by atoms with E-state index in [0.29, 0.717) is 5.78 Å². The van der Waals surface area contributed by atoms with Crippen molar-refractivity contribution in [2.45, 2.75) is 51.9 Å². The summed E-state index contributed by atoms with van der Waals surface area (Å²) in [5, 5.41) is 0. The summed E-state index contributed by atoms with van der Waals surface area (Å²) in [5.74, 6) is 0.341. The summed E-state index contributed by atoms with van der Waals surface area (Å²) in [6.07, 6.45) is 3.70. The summed E-state index contributed by atoms with van der Waals surface area (Å²) in [6, 6.07) is 10.6. The van der Waals surface area contributed by atoms with Crippen molar-refractivity contribution < 1.29 is 4.79 Å². The maximum Gasteiger partial charge on any atom is 0.165 e. The molecular formula is C21H23NOS. The Kier molecular flexibility index (Phi) is 3.54. The summed E-state index contributed by atoms with van der Waals surface area (Å²) in [5.41, 5.74) is 6.17. The lowest BCUT2D eigenvalue weighted by Crippen LogP contribution is -2.44. The normalized spacial score (nSPS) is 25.4. The molecule has 0 amide bonds. The van der Waals surface area contributed by atoms with Gasteiger partial charge in [0.2, 0.25) is 0 Å². The molecule has 0 aliphatic heterocycles. The minimum absolute atomic E-state index is 0.268. The molecule has 0 saturated carbocycles. The van der Waals surface area contributed by atoms with Crippen LogP contribution < -0.4 is 0 Å². The van der Waals surface area contributed by atoms with Gasteiger partial charge in [-0.3, -0.25) is 4.79 Å². The average Bonchev–Trinajstić information content (AvgIpc) is 3.06. The van der Waals surface area contributed by atoms with Crippen LogP contribution in [-0.2, 0) is 16.6 Å². The molecule has 1 unspecified atom stereocenters. The van der Waals surface area contributed by atoms with Crippen molar-refractivity contribution >= 4 is 17.1 Å². The third-order valence-corrected chi connectivity index (χ3v) is 6.91. The molecule has 2 aromatic rings. The Hall–Kier alpha value is -1.74. The van der Waals surface area contributed by atoms with E-state index < -0.39 is 0 Å². The first-order valence-corrected chi connectivity index (χ1v) is 9.64. The fourth-order valence-corrected chi connectivity index (χ4v) is 5.58. The topological polar surface area (TPSA) is 30.0 Å². The second-order valence-electron chi connectivity index (χ2n) is 7.62. The van der Waals surface area contributed by atoms with Gasteiger partial charge in [-0.2, -0.15) is 0 Å². The number of carbonyl (C=O) groups is 1. The zero-order valence-electron chi connectivity index (χ0n) is 14.6. The SMILES string of the molecule is CCC1(c2ccccc2)C2=C(CCC(C)(C)C2=O)Cc2ncsc21. The van der Waals surface area contributed by atoms with Crippen LogP contribution in [0, 0.1) is 5.41 Å². The molecule has 2 aliphatic rings. The highest BCUT2D eigenvalue weighted by molar-refractivity contribution is 7.10. The van der Waals surface area contributed by atoms with Crippen molar-refractivity contribution in [2.24, 2.45) is 5.41 Å². The quantitative estimate of drug-likeness (QED) is 0.765. The number of allylic oxidation sites excluding steroid dienone is 2. The third-order valence-electron chi connectivity index (χ3n) is 5.88. The van der Waals surface area contributed by atoms with E-state index in [1.54, 1.807) is 11.3 Å². The molecule has 0 fully saturated rings. The van der Waals surface area contributed by atoms with Gasteiger partial charge >= 0.3 is 0 Å². The lowest BCUT2D eigenvalue weighted by Gasteiger charge is -2.45. The second-order valence-corrected chi connectivity index (χ2v) is 8.48. The van der Waals surface area contributed by atoms with E-state index in [0.717, 1.165) is 31.3 Å². The molecule has 0 spiro atoms. The van der Waals surface area contributed by atoms with Gasteiger partial charge < -0.3 is 0 Å². The number of Topliss-reactive ketones (excluding diaryl/α,β-unsaturated/α-hetero) is 1. The van der Waals surface area contributed by atoms with Crippen LogP contribution >= 0.6 is 11.3 Å². The number of carbonyl (C=O) groups excluding carboxylic acids is 1. The van der Waals surface area contributed by atoms with Crippen LogP contribution in [0.4, 0.5) is 0 Å². The van der Waals surface area contributed by atoms with Crippen LogP contribution in [0.15, 0.2) is 47.0 Å². The highest BCUT2D eigenvalue weighted by Crippen LogP contribution is 2.54. The van der Waals surface area contributed by atoms with E-state index in [2.05, 4.69) is 50.0 Å². The van der Waals surface area contributed by atoms with Crippen molar-refractivity contribution in [3.05, 3.63) is 63.1 Å². The van der Waals surface area contributed by atoms with Crippen LogP contribution in [0.25, 0.3) is 0 Å². The van der Waals surface area contributed by atoms with Crippen LogP contribution in [0.1, 0.15) is 56.2 Å². The van der Waals surface area contributed by atoms with Gasteiger partial charge in [-0.1, -0.05) is 56.7 Å². The van der Waals surface area contributed by atoms with Gasteiger partial charge in [0.05, 0.1) is 16.6 Å². The molecule has 2 nitrogen and oxygen atoms in total. The number of benzene rings is 1. The van der Waals surface area contributed by atoms with Crippen molar-refractivity contribution in [3.8, 4) is 0 Å². The molecule has 0 radical (unpaired) electrons. The van der Waals surface area contributed by atoms with Gasteiger partial charge in [-0.15, -0.1) is 11.3 Å². The van der Waals surface area contributed by atoms with Crippen molar-refractivity contribution in [3.63, 3.8) is 0 Å². The van der Waals surface area contributed by atoms with E-state index in [1.165, 1.54) is 21.7 Å². The number of hydrogen-bond acceptors (Lipinski definition) is 3. The number of rotatable bonds is 2. The maximum absolute atomic E-state index is 13.5. The van der Waals surface area contributed by atoms with Crippen LogP contribution in [0.5, 0.6) is 0 Å². The van der Waals surface area contributed by atoms with Crippen molar-refractivity contribution in [1.82, 2.24) is 4.98 Å². The lowest BCUT2D eigenvalue weighted by atomic mass is 9.58. The van der Waals surface area contributed by atoms with E-state index in [1.807, 2.05) is 11.6 Å². The van der Waals surface area contributed by atoms with E-state index in [-0.39, 0.29) is 10.8 Å². The zero-order valence-corrected chi connectivity index (χ0v) is 15.4. The Labute approximate surface area is 147 Å². The van der Waals surface area contributed by atoms with Crippen LogP contribution in [0.2, 0.25) is 0 Å². The predicted molar refractivity (Wildman–Crippen MR) is 98.4 cm³/mol. The zero-order chi connectivity index (χ0) is 16.9. The van der Waals surface area contributed by atoms with Gasteiger partial charge in [0.25, 0.3) is 0 Å². The summed E-state index contributed by atoms with van der Waals surface area (Å²) in [6.45, 7) is 6.42. The smallest absolute Gasteiger partial charge is 0.165 e. The molecule has 3 heteroatoms. The summed E-state index contributed by atoms with van der Waals surface area (Å²) < 4.78 is 0. The van der Waals surface area contributed by atoms with Gasteiger partial charge in [0.15, 0.2) is 5.78 Å². The van der Waals surface area contributed by atoms with Crippen LogP contribution in [0.3, 0.4) is 0 Å². The predicted octanol–water partition coefficient (Wildman–Crippen LogP) is 5.08. The number of aromatic nitrogens is 1. The molecule has 124 valence electrons. The third kappa shape index (κ3) is 2.00. The second kappa shape index (κ2) is 5.38. The van der Waals surface area contributed by atoms with Gasteiger partial charge in [0, 0.05) is 22.3 Å². The molecule has 0 saturated heterocycles. The van der Waals surface area contributed by atoms with Gasteiger partial charge in [-0.05, 0) is 24.8 Å². The molecule has 0 N–H and O–H groups in total. The Morgan fingerprint density at radius 3 is 2.67 bits per heavy atom. The number of hydrogen-bond donors (Lipinski definition) is 0. The summed E-state index contributed by atoms with van der Waals surface area (Å²) in [7, 11) is 0. The lowest BCUT2D eigenvalue weighted by molar-refractivity contribution is -0.125. The number of ketones is 1. The fraction of sp³-hybridized carbons (Fsp3) is 0.429. The Morgan fingerprint density at radius 2 is 1.96 bits per heavy atom. The molecule has 1 aromatic heterocycles. The van der Waals surface area contributed by atoms with E-state index in [4.69, 9.17) is 0 Å². The fourth-order valence-electron chi connectivity index (χ4n) is 4.47. The van der Waals surface area contributed by atoms with Crippen molar-refractivity contribution in [2.75, 3.05) is 0 Å². The first kappa shape index (κ1) is 15.8. The molecule has 1 aromatic carbocycles. The Bertz CT molecular complexity index is 831. The summed E-state index contributed by atoms with van der Waals surface area (Å²) >= 11 is 1.71. The Morgan fingerprint density at radius 1 is 1.21 bits per heavy atom. The maximum atomic E-state index is 13.5. The number of nitrogens with zero attached hydrogens (tertiary/aromatic N) is 1. The Balaban J connectivity index is 2.05. The minimum Gasteiger partial charge on any atom is -0.294 e. The molecule has 1 heterocycles. The van der Waals surface area contributed by atoms with E-state index >= 15 is 0 Å². The van der Waals surface area contributed by atoms with E-state index in [9.17, 15) is 4.79 Å². The summed E-state index contributed by atoms with van der Waals surface area (Å²) in [4.78, 5) is 19.4. The number of fused-ring (bicyclic) bond motifs is 1. The van der Waals surface area contributed by atoms with Gasteiger partial charge in [-0.25, -0.2) is 4.98 Å². The molecule has 2 aliphatic carbocycles. The average molecular weight is 337 g/mol. The monoisotopic (exact) mass is 337 g/mol. The largest absolute Gasteiger partial charge is 0.294 e. The number of thiazole rings is 1.